The Kier molecular flexibility index (Phi) is 7.39. The third-order valence-corrected chi connectivity index (χ3v) is 9.08. The Labute approximate surface area is 240 Å². The van der Waals surface area contributed by atoms with E-state index in [1.165, 1.54) is 24.9 Å². The molecular weight excluding hydrogens is 527 g/mol. The lowest BCUT2D eigenvalue weighted by atomic mass is 9.75. The Morgan fingerprint density at radius 3 is 2.26 bits per heavy atom. The van der Waals surface area contributed by atoms with Crippen LogP contribution in [0.25, 0.3) is 11.1 Å². The molecule has 0 radical (unpaired) electrons. The number of benzene rings is 3. The van der Waals surface area contributed by atoms with Crippen molar-refractivity contribution >= 4 is 34.8 Å². The number of piperidine rings is 1. The van der Waals surface area contributed by atoms with Gasteiger partial charge in [-0.2, -0.15) is 5.26 Å². The molecule has 39 heavy (non-hydrogen) atoms. The van der Waals surface area contributed by atoms with Crippen molar-refractivity contribution in [1.82, 2.24) is 9.80 Å². The van der Waals surface area contributed by atoms with E-state index in [0.29, 0.717) is 21.3 Å². The van der Waals surface area contributed by atoms with Gasteiger partial charge < -0.3 is 10.2 Å². The van der Waals surface area contributed by atoms with Gasteiger partial charge in [0.2, 0.25) is 5.91 Å². The fraction of sp³-hybridized carbons (Fsp3) is 0.375. The SMILES string of the molecule is N#Cc1cccc(-c2ccc(C3(N4CCC4C(=O)Nc4cc(Cl)cc(Cl)c4)CCN(CC4CC4)CC3)cc2)c1. The van der Waals surface area contributed by atoms with Crippen LogP contribution in [0.15, 0.2) is 66.7 Å². The van der Waals surface area contributed by atoms with Crippen molar-refractivity contribution in [2.45, 2.75) is 43.7 Å². The summed E-state index contributed by atoms with van der Waals surface area (Å²) in [6.07, 6.45) is 5.54. The molecule has 1 unspecified atom stereocenters. The molecular formula is C32H32Cl2N4O. The van der Waals surface area contributed by atoms with E-state index in [-0.39, 0.29) is 17.5 Å². The zero-order valence-corrected chi connectivity index (χ0v) is 23.4. The van der Waals surface area contributed by atoms with E-state index in [4.69, 9.17) is 23.2 Å². The van der Waals surface area contributed by atoms with Crippen molar-refractivity contribution < 1.29 is 4.79 Å². The molecule has 2 aliphatic heterocycles. The van der Waals surface area contributed by atoms with Crippen LogP contribution in [0.2, 0.25) is 10.0 Å². The van der Waals surface area contributed by atoms with Crippen molar-refractivity contribution in [3.05, 3.63) is 87.9 Å². The van der Waals surface area contributed by atoms with E-state index in [9.17, 15) is 10.1 Å². The van der Waals surface area contributed by atoms with Crippen LogP contribution in [0.4, 0.5) is 5.69 Å². The van der Waals surface area contributed by atoms with E-state index in [1.807, 2.05) is 24.3 Å². The molecule has 7 heteroatoms. The van der Waals surface area contributed by atoms with Crippen molar-refractivity contribution in [2.24, 2.45) is 5.92 Å². The van der Waals surface area contributed by atoms with E-state index in [1.54, 1.807) is 18.2 Å². The van der Waals surface area contributed by atoms with Gasteiger partial charge in [0.15, 0.2) is 0 Å². The first-order valence-electron chi connectivity index (χ1n) is 13.8. The van der Waals surface area contributed by atoms with Crippen LogP contribution in [0.3, 0.4) is 0 Å². The van der Waals surface area contributed by atoms with E-state index in [0.717, 1.165) is 55.9 Å². The van der Waals surface area contributed by atoms with Gasteiger partial charge in [0.05, 0.1) is 17.7 Å². The average molecular weight is 560 g/mol. The first-order chi connectivity index (χ1) is 18.9. The van der Waals surface area contributed by atoms with Gasteiger partial charge in [-0.15, -0.1) is 0 Å². The molecule has 6 rings (SSSR count). The maximum atomic E-state index is 13.5. The second kappa shape index (κ2) is 10.9. The maximum absolute atomic E-state index is 13.5. The van der Waals surface area contributed by atoms with Crippen molar-refractivity contribution in [2.75, 3.05) is 31.5 Å². The summed E-state index contributed by atoms with van der Waals surface area (Å²) in [5.41, 5.74) is 4.48. The lowest BCUT2D eigenvalue weighted by molar-refractivity contribution is -0.135. The molecule has 0 bridgehead atoms. The minimum absolute atomic E-state index is 0.00990. The average Bonchev–Trinajstić information content (AvgIpc) is 3.73. The largest absolute Gasteiger partial charge is 0.325 e. The summed E-state index contributed by atoms with van der Waals surface area (Å²) in [5.74, 6) is 0.859. The number of halogens is 2. The number of anilines is 1. The molecule has 5 nitrogen and oxygen atoms in total. The summed E-state index contributed by atoms with van der Waals surface area (Å²) in [5, 5.41) is 13.4. The second-order valence-electron chi connectivity index (χ2n) is 11.2. The van der Waals surface area contributed by atoms with Gasteiger partial charge in [-0.25, -0.2) is 0 Å². The van der Waals surface area contributed by atoms with Crippen molar-refractivity contribution in [1.29, 1.82) is 5.26 Å². The number of nitriles is 1. The summed E-state index contributed by atoms with van der Waals surface area (Å²) in [7, 11) is 0. The zero-order valence-electron chi connectivity index (χ0n) is 21.9. The van der Waals surface area contributed by atoms with E-state index >= 15 is 0 Å². The number of hydrogen-bond donors (Lipinski definition) is 1. The molecule has 3 fully saturated rings. The number of nitrogens with one attached hydrogen (secondary N) is 1. The van der Waals surface area contributed by atoms with Gasteiger partial charge in [0.25, 0.3) is 0 Å². The standard InChI is InChI=1S/C32H32Cl2N4O/c33-27-17-28(34)19-29(18-27)36-31(39)30-10-13-38(30)32(11-14-37(15-12-32)21-22-4-5-22)26-8-6-24(7-9-26)25-3-1-2-23(16-25)20-35/h1-3,6-9,16-19,22,30H,4-5,10-15,21H2,(H,36,39). The predicted molar refractivity (Wildman–Crippen MR) is 157 cm³/mol. The van der Waals surface area contributed by atoms with Crippen LogP contribution in [0, 0.1) is 17.2 Å². The normalized spacial score (nSPS) is 21.1. The first kappa shape index (κ1) is 26.3. The van der Waals surface area contributed by atoms with Gasteiger partial charge in [-0.3, -0.25) is 9.69 Å². The molecule has 2 saturated heterocycles. The molecule has 3 aromatic carbocycles. The van der Waals surface area contributed by atoms with Gasteiger partial charge >= 0.3 is 0 Å². The predicted octanol–water partition coefficient (Wildman–Crippen LogP) is 6.95. The highest BCUT2D eigenvalue weighted by Crippen LogP contribution is 2.45. The minimum Gasteiger partial charge on any atom is -0.325 e. The van der Waals surface area contributed by atoms with Crippen LogP contribution in [-0.2, 0) is 10.3 Å². The van der Waals surface area contributed by atoms with Crippen LogP contribution in [0.1, 0.15) is 43.2 Å². The Hall–Kier alpha value is -2.88. The number of rotatable bonds is 7. The highest BCUT2D eigenvalue weighted by molar-refractivity contribution is 6.35. The third kappa shape index (κ3) is 5.58. The molecule has 1 aliphatic carbocycles. The van der Waals surface area contributed by atoms with Gasteiger partial charge in [-0.05, 0) is 85.0 Å². The maximum Gasteiger partial charge on any atom is 0.241 e. The molecule has 2 heterocycles. The molecule has 3 aromatic rings. The van der Waals surface area contributed by atoms with E-state index < -0.39 is 0 Å². The van der Waals surface area contributed by atoms with Gasteiger partial charge in [-0.1, -0.05) is 59.6 Å². The van der Waals surface area contributed by atoms with Crippen LogP contribution >= 0.6 is 23.2 Å². The van der Waals surface area contributed by atoms with Crippen LogP contribution < -0.4 is 5.32 Å². The Balaban J connectivity index is 1.26. The smallest absolute Gasteiger partial charge is 0.241 e. The van der Waals surface area contributed by atoms with Crippen LogP contribution in [-0.4, -0.2) is 47.9 Å². The van der Waals surface area contributed by atoms with Gasteiger partial charge in [0, 0.05) is 47.5 Å². The van der Waals surface area contributed by atoms with Crippen molar-refractivity contribution in [3.8, 4) is 17.2 Å². The molecule has 1 N–H and O–H groups in total. The second-order valence-corrected chi connectivity index (χ2v) is 12.1. The fourth-order valence-corrected chi connectivity index (χ4v) is 6.80. The Morgan fingerprint density at radius 1 is 0.923 bits per heavy atom. The number of amides is 1. The quantitative estimate of drug-likeness (QED) is 0.341. The lowest BCUT2D eigenvalue weighted by Gasteiger charge is -2.56. The summed E-state index contributed by atoms with van der Waals surface area (Å²) in [4.78, 5) is 18.5. The minimum atomic E-state index is -0.204. The fourth-order valence-electron chi connectivity index (χ4n) is 6.28. The van der Waals surface area contributed by atoms with Gasteiger partial charge in [0.1, 0.15) is 0 Å². The molecule has 0 aromatic heterocycles. The highest BCUT2D eigenvalue weighted by atomic mass is 35.5. The number of likely N-dealkylation sites (tertiary alicyclic amines) is 2. The molecule has 1 atom stereocenters. The molecule has 3 aliphatic rings. The lowest BCUT2D eigenvalue weighted by Crippen LogP contribution is -2.65. The summed E-state index contributed by atoms with van der Waals surface area (Å²) in [6, 6.07) is 23.7. The Morgan fingerprint density at radius 2 is 1.64 bits per heavy atom. The molecule has 0 spiro atoms. The summed E-state index contributed by atoms with van der Waals surface area (Å²) < 4.78 is 0. The molecule has 1 amide bonds. The topological polar surface area (TPSA) is 59.4 Å². The summed E-state index contributed by atoms with van der Waals surface area (Å²) in [6.45, 7) is 4.17. The van der Waals surface area contributed by atoms with E-state index in [2.05, 4.69) is 45.5 Å². The third-order valence-electron chi connectivity index (χ3n) is 8.65. The summed E-state index contributed by atoms with van der Waals surface area (Å²) >= 11 is 12.3. The van der Waals surface area contributed by atoms with Crippen molar-refractivity contribution in [3.63, 3.8) is 0 Å². The number of carbonyl (C=O) groups excluding carboxylic acids is 1. The molecule has 1 saturated carbocycles. The number of carbonyl (C=O) groups is 1. The Bertz CT molecular complexity index is 1380. The molecule has 200 valence electrons. The highest BCUT2D eigenvalue weighted by Gasteiger charge is 2.50. The monoisotopic (exact) mass is 558 g/mol. The first-order valence-corrected chi connectivity index (χ1v) is 14.6. The van der Waals surface area contributed by atoms with Crippen LogP contribution in [0.5, 0.6) is 0 Å². The zero-order chi connectivity index (χ0) is 27.0. The number of nitrogens with zero attached hydrogens (tertiary/aromatic N) is 3. The number of hydrogen-bond acceptors (Lipinski definition) is 4.